The summed E-state index contributed by atoms with van der Waals surface area (Å²) in [5, 5.41) is 6.21. The van der Waals surface area contributed by atoms with Crippen molar-refractivity contribution in [3.63, 3.8) is 0 Å². The smallest absolute Gasteiger partial charge is 0.223 e. The van der Waals surface area contributed by atoms with Gasteiger partial charge in [0.2, 0.25) is 5.91 Å². The van der Waals surface area contributed by atoms with Crippen LogP contribution in [0, 0.1) is 0 Å². The van der Waals surface area contributed by atoms with E-state index in [-0.39, 0.29) is 11.9 Å². The number of ether oxygens (including phenoxy) is 1. The predicted octanol–water partition coefficient (Wildman–Crippen LogP) is 3.24. The Morgan fingerprint density at radius 3 is 2.81 bits per heavy atom. The largest absolute Gasteiger partial charge is 0.493 e. The van der Waals surface area contributed by atoms with Crippen LogP contribution in [0.4, 0.5) is 0 Å². The Morgan fingerprint density at radius 1 is 1.38 bits per heavy atom. The van der Waals surface area contributed by atoms with Crippen molar-refractivity contribution in [2.75, 3.05) is 13.2 Å². The van der Waals surface area contributed by atoms with Gasteiger partial charge in [-0.15, -0.1) is 0 Å². The zero-order valence-electron chi connectivity index (χ0n) is 13.0. The van der Waals surface area contributed by atoms with Crippen molar-refractivity contribution in [1.29, 1.82) is 0 Å². The number of carbonyl (C=O) groups excluding carboxylic acids is 1. The van der Waals surface area contributed by atoms with Gasteiger partial charge in [-0.1, -0.05) is 22.9 Å². The van der Waals surface area contributed by atoms with Gasteiger partial charge in [0.05, 0.1) is 13.0 Å². The van der Waals surface area contributed by atoms with Gasteiger partial charge in [0.1, 0.15) is 5.75 Å². The van der Waals surface area contributed by atoms with Crippen molar-refractivity contribution in [2.45, 2.75) is 46.2 Å². The van der Waals surface area contributed by atoms with Crippen LogP contribution in [0.15, 0.2) is 22.7 Å². The van der Waals surface area contributed by atoms with Gasteiger partial charge in [0.15, 0.2) is 0 Å². The summed E-state index contributed by atoms with van der Waals surface area (Å²) in [6.45, 7) is 8.23. The van der Waals surface area contributed by atoms with Crippen molar-refractivity contribution in [1.82, 2.24) is 10.6 Å². The van der Waals surface area contributed by atoms with Crippen molar-refractivity contribution in [3.05, 3.63) is 28.2 Å². The molecule has 5 heteroatoms. The molecular weight excluding hydrogens is 332 g/mol. The second kappa shape index (κ2) is 9.79. The van der Waals surface area contributed by atoms with Crippen LogP contribution in [0.3, 0.4) is 0 Å². The van der Waals surface area contributed by atoms with E-state index in [1.54, 1.807) is 0 Å². The Morgan fingerprint density at radius 2 is 2.14 bits per heavy atom. The van der Waals surface area contributed by atoms with E-state index < -0.39 is 0 Å². The molecule has 0 aliphatic rings. The van der Waals surface area contributed by atoms with Crippen molar-refractivity contribution in [2.24, 2.45) is 0 Å². The van der Waals surface area contributed by atoms with Crippen LogP contribution >= 0.6 is 15.9 Å². The molecule has 0 unspecified atom stereocenters. The average molecular weight is 357 g/mol. The van der Waals surface area contributed by atoms with Crippen LogP contribution in [-0.4, -0.2) is 25.1 Å². The quantitative estimate of drug-likeness (QED) is 0.667. The molecule has 1 rings (SSSR count). The maximum Gasteiger partial charge on any atom is 0.223 e. The molecule has 21 heavy (non-hydrogen) atoms. The first-order valence-corrected chi connectivity index (χ1v) is 8.23. The normalized spacial score (nSPS) is 10.7. The van der Waals surface area contributed by atoms with E-state index in [0.717, 1.165) is 35.3 Å². The minimum atomic E-state index is 0.0203. The third-order valence-electron chi connectivity index (χ3n) is 2.81. The van der Waals surface area contributed by atoms with Crippen LogP contribution in [0.25, 0.3) is 0 Å². The Hall–Kier alpha value is -1.07. The fraction of sp³-hybridized carbons (Fsp3) is 0.562. The summed E-state index contributed by atoms with van der Waals surface area (Å²) in [7, 11) is 0. The van der Waals surface area contributed by atoms with Gasteiger partial charge in [0.25, 0.3) is 0 Å². The highest BCUT2D eigenvalue weighted by Gasteiger charge is 2.05. The average Bonchev–Trinajstić information content (AvgIpc) is 2.41. The molecule has 1 aromatic carbocycles. The van der Waals surface area contributed by atoms with Gasteiger partial charge in [-0.2, -0.15) is 0 Å². The summed E-state index contributed by atoms with van der Waals surface area (Å²) in [6, 6.07) is 6.06. The van der Waals surface area contributed by atoms with E-state index in [9.17, 15) is 4.79 Å². The first kappa shape index (κ1) is 18.0. The molecular formula is C16H25BrN2O2. The van der Waals surface area contributed by atoms with E-state index in [1.807, 2.05) is 32.0 Å². The fourth-order valence-corrected chi connectivity index (χ4v) is 2.22. The molecule has 0 saturated heterocycles. The second-order valence-electron chi connectivity index (χ2n) is 5.25. The molecule has 0 atom stereocenters. The number of hydrogen-bond acceptors (Lipinski definition) is 3. The van der Waals surface area contributed by atoms with E-state index in [0.29, 0.717) is 13.0 Å². The molecule has 1 amide bonds. The SMILES string of the molecule is CCCNCc1cc(OCCC(=O)NC(C)C)ccc1Br. The lowest BCUT2D eigenvalue weighted by atomic mass is 10.2. The number of carbonyl (C=O) groups is 1. The third-order valence-corrected chi connectivity index (χ3v) is 3.58. The van der Waals surface area contributed by atoms with Crippen molar-refractivity contribution >= 4 is 21.8 Å². The summed E-state index contributed by atoms with van der Waals surface area (Å²) in [5.41, 5.74) is 1.16. The van der Waals surface area contributed by atoms with Crippen molar-refractivity contribution in [3.8, 4) is 5.75 Å². The van der Waals surface area contributed by atoms with E-state index >= 15 is 0 Å². The van der Waals surface area contributed by atoms with Gasteiger partial charge >= 0.3 is 0 Å². The lowest BCUT2D eigenvalue weighted by Gasteiger charge is -2.11. The van der Waals surface area contributed by atoms with Gasteiger partial charge in [-0.25, -0.2) is 0 Å². The molecule has 0 saturated carbocycles. The Bertz CT molecular complexity index is 450. The molecule has 0 spiro atoms. The number of benzene rings is 1. The standard InChI is InChI=1S/C16H25BrN2O2/c1-4-8-18-11-13-10-14(5-6-15(13)17)21-9-7-16(20)19-12(2)3/h5-6,10,12,18H,4,7-9,11H2,1-3H3,(H,19,20). The zero-order valence-corrected chi connectivity index (χ0v) is 14.6. The molecule has 4 nitrogen and oxygen atoms in total. The number of rotatable bonds is 9. The van der Waals surface area contributed by atoms with Gasteiger partial charge in [0, 0.05) is 17.1 Å². The number of hydrogen-bond donors (Lipinski definition) is 2. The van der Waals surface area contributed by atoms with Crippen LogP contribution in [0.1, 0.15) is 39.2 Å². The Kier molecular flexibility index (Phi) is 8.38. The number of amides is 1. The Labute approximate surface area is 135 Å². The number of halogens is 1. The molecule has 0 aliphatic carbocycles. The maximum absolute atomic E-state index is 11.5. The zero-order chi connectivity index (χ0) is 15.7. The first-order valence-electron chi connectivity index (χ1n) is 7.44. The van der Waals surface area contributed by atoms with Gasteiger partial charge in [-0.05, 0) is 50.6 Å². The molecule has 0 fully saturated rings. The molecule has 0 bridgehead atoms. The first-order chi connectivity index (χ1) is 10.0. The van der Waals surface area contributed by atoms with E-state index in [1.165, 1.54) is 0 Å². The molecule has 1 aromatic rings. The molecule has 2 N–H and O–H groups in total. The molecule has 0 aromatic heterocycles. The summed E-state index contributed by atoms with van der Waals surface area (Å²) >= 11 is 3.54. The molecule has 118 valence electrons. The molecule has 0 radical (unpaired) electrons. The monoisotopic (exact) mass is 356 g/mol. The minimum absolute atomic E-state index is 0.0203. The van der Waals surface area contributed by atoms with Crippen LogP contribution in [0.5, 0.6) is 5.75 Å². The van der Waals surface area contributed by atoms with E-state index in [4.69, 9.17) is 4.74 Å². The fourth-order valence-electron chi connectivity index (χ4n) is 1.83. The minimum Gasteiger partial charge on any atom is -0.493 e. The number of nitrogens with one attached hydrogen (secondary N) is 2. The summed E-state index contributed by atoms with van der Waals surface area (Å²) in [5.74, 6) is 0.816. The molecule has 0 heterocycles. The van der Waals surface area contributed by atoms with Crippen molar-refractivity contribution < 1.29 is 9.53 Å². The lowest BCUT2D eigenvalue weighted by Crippen LogP contribution is -2.31. The summed E-state index contributed by atoms with van der Waals surface area (Å²) in [6.07, 6.45) is 1.48. The maximum atomic E-state index is 11.5. The highest BCUT2D eigenvalue weighted by molar-refractivity contribution is 9.10. The second-order valence-corrected chi connectivity index (χ2v) is 6.11. The highest BCUT2D eigenvalue weighted by atomic mass is 79.9. The highest BCUT2D eigenvalue weighted by Crippen LogP contribution is 2.22. The predicted molar refractivity (Wildman–Crippen MR) is 89.5 cm³/mol. The van der Waals surface area contributed by atoms with E-state index in [2.05, 4.69) is 33.5 Å². The van der Waals surface area contributed by atoms with Gasteiger partial charge in [-0.3, -0.25) is 4.79 Å². The topological polar surface area (TPSA) is 50.4 Å². The van der Waals surface area contributed by atoms with Gasteiger partial charge < -0.3 is 15.4 Å². The molecule has 0 aliphatic heterocycles. The van der Waals surface area contributed by atoms with Crippen LogP contribution in [0.2, 0.25) is 0 Å². The lowest BCUT2D eigenvalue weighted by molar-refractivity contribution is -0.122. The van der Waals surface area contributed by atoms with Crippen LogP contribution < -0.4 is 15.4 Å². The third kappa shape index (κ3) is 7.48. The van der Waals surface area contributed by atoms with Crippen LogP contribution in [-0.2, 0) is 11.3 Å². The summed E-state index contributed by atoms with van der Waals surface area (Å²) < 4.78 is 6.72. The Balaban J connectivity index is 2.44. The summed E-state index contributed by atoms with van der Waals surface area (Å²) in [4.78, 5) is 11.5.